The topological polar surface area (TPSA) is 9.23 Å². The predicted molar refractivity (Wildman–Crippen MR) is 66.6 cm³/mol. The minimum absolute atomic E-state index is 0.873. The summed E-state index contributed by atoms with van der Waals surface area (Å²) in [5.74, 6) is 0. The van der Waals surface area contributed by atoms with Gasteiger partial charge in [-0.2, -0.15) is 0 Å². The second-order valence-electron chi connectivity index (χ2n) is 4.66. The Hall–Kier alpha value is -0.0700. The van der Waals surface area contributed by atoms with Crippen molar-refractivity contribution in [3.63, 3.8) is 0 Å². The van der Waals surface area contributed by atoms with Gasteiger partial charge in [-0.15, -0.1) is 0 Å². The molecule has 0 aromatic heterocycles. The second-order valence-corrected chi connectivity index (χ2v) is 6.57. The number of nitrogens with zero attached hydrogens (tertiary/aromatic N) is 1. The summed E-state index contributed by atoms with van der Waals surface area (Å²) in [5.41, 5.74) is 0. The van der Waals surface area contributed by atoms with E-state index in [0.29, 0.717) is 0 Å². The molecule has 0 heterocycles. The quantitative estimate of drug-likeness (QED) is 0.194. The molecule has 0 aliphatic heterocycles. The van der Waals surface area contributed by atoms with E-state index in [1.54, 1.807) is 0 Å². The summed E-state index contributed by atoms with van der Waals surface area (Å²) in [6, 6.07) is 0. The van der Waals surface area contributed by atoms with Crippen molar-refractivity contribution in [3.8, 4) is 0 Å². The van der Waals surface area contributed by atoms with E-state index < -0.39 is 7.81 Å². The van der Waals surface area contributed by atoms with E-state index in [2.05, 4.69) is 27.8 Å². The molecule has 0 aliphatic carbocycles. The molecule has 0 saturated heterocycles. The summed E-state index contributed by atoms with van der Waals surface area (Å²) < 4.78 is 65.8. The van der Waals surface area contributed by atoms with Gasteiger partial charge in [0.1, 0.15) is 0 Å². The van der Waals surface area contributed by atoms with E-state index in [0.717, 1.165) is 30.8 Å². The number of hydrogen-bond acceptors (Lipinski definition) is 1. The van der Waals surface area contributed by atoms with Gasteiger partial charge < -0.3 is 9.22 Å². The Balaban J connectivity index is 0. The fraction of sp³-hybridized carbons (Fsp3) is 1.00. The fourth-order valence-electron chi connectivity index (χ4n) is 1.28. The van der Waals surface area contributed by atoms with Crippen molar-refractivity contribution in [2.24, 2.45) is 0 Å². The number of halogens is 6. The van der Waals surface area contributed by atoms with Crippen molar-refractivity contribution in [2.75, 3.05) is 33.5 Å². The zero-order valence-electron chi connectivity index (χ0n) is 11.8. The van der Waals surface area contributed by atoms with Crippen LogP contribution in [0.25, 0.3) is 0 Å². The van der Waals surface area contributed by atoms with Crippen LogP contribution in [-0.4, -0.2) is 38.0 Å². The molecule has 1 atom stereocenters. The monoisotopic (exact) mass is 319 g/mol. The zero-order chi connectivity index (χ0) is 15.9. The first-order chi connectivity index (χ1) is 8.13. The third-order valence-electron chi connectivity index (χ3n) is 2.28. The standard InChI is InChI=1S/C10H24NO.F6P/c1-5-8-11(4,7-3)10-12-9-6-2;1-7(2,3,4,5)6/h5-10H2,1-4H3;/q+1;-1. The molecular weight excluding hydrogens is 295 g/mol. The molecule has 19 heavy (non-hydrogen) atoms. The van der Waals surface area contributed by atoms with Gasteiger partial charge in [-0.1, -0.05) is 13.8 Å². The maximum absolute atomic E-state index is 10.7. The van der Waals surface area contributed by atoms with Crippen LogP contribution in [0.2, 0.25) is 0 Å². The first-order valence-electron chi connectivity index (χ1n) is 6.11. The van der Waals surface area contributed by atoms with Crippen LogP contribution in [-0.2, 0) is 4.74 Å². The van der Waals surface area contributed by atoms with Crippen LogP contribution < -0.4 is 0 Å². The van der Waals surface area contributed by atoms with E-state index >= 15 is 0 Å². The second kappa shape index (κ2) is 6.59. The Bertz CT molecular complexity index is 243. The fourth-order valence-corrected chi connectivity index (χ4v) is 1.28. The summed E-state index contributed by atoms with van der Waals surface area (Å²) in [7, 11) is -8.39. The molecule has 0 amide bonds. The average molecular weight is 319 g/mol. The number of ether oxygens (including phenoxy) is 1. The molecule has 2 nitrogen and oxygen atoms in total. The van der Waals surface area contributed by atoms with Crippen molar-refractivity contribution in [2.45, 2.75) is 33.6 Å². The molecular formula is C10H24F6NOP. The predicted octanol–water partition coefficient (Wildman–Crippen LogP) is 5.63. The van der Waals surface area contributed by atoms with Crippen molar-refractivity contribution in [1.29, 1.82) is 0 Å². The van der Waals surface area contributed by atoms with E-state index in [1.165, 1.54) is 13.0 Å². The van der Waals surface area contributed by atoms with Gasteiger partial charge in [0.15, 0.2) is 6.73 Å². The molecule has 0 aliphatic rings. The summed E-state index contributed by atoms with van der Waals surface area (Å²) in [5, 5.41) is 0. The van der Waals surface area contributed by atoms with Gasteiger partial charge in [-0.05, 0) is 19.8 Å². The SMILES string of the molecule is CCCOC[N+](C)(CC)CCC.F[P-](F)(F)(F)(F)F. The molecule has 122 valence electrons. The number of rotatable bonds is 7. The summed E-state index contributed by atoms with van der Waals surface area (Å²) in [6.07, 6.45) is 2.36. The van der Waals surface area contributed by atoms with Crippen molar-refractivity contribution in [3.05, 3.63) is 0 Å². The zero-order valence-corrected chi connectivity index (χ0v) is 12.7. The van der Waals surface area contributed by atoms with Gasteiger partial charge >= 0.3 is 33.0 Å². The van der Waals surface area contributed by atoms with Crippen LogP contribution >= 0.6 is 7.81 Å². The van der Waals surface area contributed by atoms with Gasteiger partial charge in [-0.3, -0.25) is 0 Å². The average Bonchev–Trinajstić information content (AvgIpc) is 2.14. The molecule has 0 spiro atoms. The Kier molecular flexibility index (Phi) is 7.36. The van der Waals surface area contributed by atoms with Crippen molar-refractivity contribution >= 4 is 7.81 Å². The Morgan fingerprint density at radius 2 is 1.32 bits per heavy atom. The van der Waals surface area contributed by atoms with Crippen LogP contribution in [0.15, 0.2) is 0 Å². The maximum atomic E-state index is 9.87. The van der Waals surface area contributed by atoms with Gasteiger partial charge in [-0.25, -0.2) is 0 Å². The van der Waals surface area contributed by atoms with Crippen LogP contribution in [0, 0.1) is 0 Å². The Labute approximate surface area is 110 Å². The van der Waals surface area contributed by atoms with Gasteiger partial charge in [0.05, 0.1) is 26.7 Å². The van der Waals surface area contributed by atoms with E-state index in [4.69, 9.17) is 4.74 Å². The third kappa shape index (κ3) is 27.2. The Morgan fingerprint density at radius 1 is 0.895 bits per heavy atom. The first-order valence-corrected chi connectivity index (χ1v) is 8.14. The number of quaternary nitrogens is 1. The van der Waals surface area contributed by atoms with E-state index in [9.17, 15) is 25.2 Å². The molecule has 0 fully saturated rings. The molecule has 0 aromatic carbocycles. The van der Waals surface area contributed by atoms with Crippen LogP contribution in [0.3, 0.4) is 0 Å². The van der Waals surface area contributed by atoms with Crippen LogP contribution in [0.5, 0.6) is 0 Å². The first kappa shape index (κ1) is 21.2. The molecule has 0 bridgehead atoms. The third-order valence-corrected chi connectivity index (χ3v) is 2.28. The molecule has 0 radical (unpaired) electrons. The van der Waals surface area contributed by atoms with E-state index in [1.807, 2.05) is 0 Å². The van der Waals surface area contributed by atoms with Crippen molar-refractivity contribution in [1.82, 2.24) is 0 Å². The minimum atomic E-state index is -10.7. The molecule has 0 saturated carbocycles. The molecule has 9 heteroatoms. The number of hydrogen-bond donors (Lipinski definition) is 0. The summed E-state index contributed by atoms with van der Waals surface area (Å²) >= 11 is 0. The van der Waals surface area contributed by atoms with E-state index in [-0.39, 0.29) is 0 Å². The molecule has 0 aromatic rings. The molecule has 0 rings (SSSR count). The summed E-state index contributed by atoms with van der Waals surface area (Å²) in [6.45, 7) is 10.8. The normalized spacial score (nSPS) is 18.6. The van der Waals surface area contributed by atoms with Crippen LogP contribution in [0.1, 0.15) is 33.6 Å². The van der Waals surface area contributed by atoms with Gasteiger partial charge in [0, 0.05) is 0 Å². The Morgan fingerprint density at radius 3 is 1.58 bits per heavy atom. The molecule has 0 N–H and O–H groups in total. The molecule has 1 unspecified atom stereocenters. The summed E-state index contributed by atoms with van der Waals surface area (Å²) in [4.78, 5) is 0. The van der Waals surface area contributed by atoms with Crippen LogP contribution in [0.4, 0.5) is 25.2 Å². The van der Waals surface area contributed by atoms with Crippen molar-refractivity contribution < 1.29 is 34.4 Å². The van der Waals surface area contributed by atoms with Gasteiger partial charge in [0.25, 0.3) is 0 Å². The van der Waals surface area contributed by atoms with Gasteiger partial charge in [0.2, 0.25) is 0 Å².